The van der Waals surface area contributed by atoms with Crippen molar-refractivity contribution in [2.75, 3.05) is 18.6 Å². The number of nitrogens with zero attached hydrogens (tertiary/aromatic N) is 1. The maximum Gasteiger partial charge on any atom is 0.314 e. The minimum atomic E-state index is -3.64. The van der Waals surface area contributed by atoms with Gasteiger partial charge in [-0.2, -0.15) is 0 Å². The molecule has 12 nitrogen and oxygen atoms in total. The highest BCUT2D eigenvalue weighted by Gasteiger charge is 2.43. The second-order valence-corrected chi connectivity index (χ2v) is 20.2. The van der Waals surface area contributed by atoms with Crippen LogP contribution in [0.15, 0.2) is 70.2 Å². The van der Waals surface area contributed by atoms with Gasteiger partial charge in [-0.15, -0.1) is 0 Å². The summed E-state index contributed by atoms with van der Waals surface area (Å²) in [6, 6.07) is 13.1. The lowest BCUT2D eigenvalue weighted by Gasteiger charge is -2.41. The van der Waals surface area contributed by atoms with Crippen LogP contribution in [-0.2, 0) is 51.9 Å². The number of rotatable bonds is 14. The van der Waals surface area contributed by atoms with Crippen molar-refractivity contribution >= 4 is 88.8 Å². The van der Waals surface area contributed by atoms with Gasteiger partial charge >= 0.3 is 11.9 Å². The Morgan fingerprint density at radius 1 is 1.09 bits per heavy atom. The van der Waals surface area contributed by atoms with Gasteiger partial charge in [-0.1, -0.05) is 47.8 Å². The van der Waals surface area contributed by atoms with Gasteiger partial charge in [0.1, 0.15) is 11.3 Å². The van der Waals surface area contributed by atoms with Crippen LogP contribution in [0.5, 0.6) is 0 Å². The molecule has 0 radical (unpaired) electrons. The van der Waals surface area contributed by atoms with E-state index < -0.39 is 62.0 Å². The smallest absolute Gasteiger partial charge is 0.314 e. The fourth-order valence-electron chi connectivity index (χ4n) is 7.19. The summed E-state index contributed by atoms with van der Waals surface area (Å²) in [5.41, 5.74) is 7.52. The number of ether oxygens (including phenoxy) is 2. The Labute approximate surface area is 341 Å². The first-order valence-corrected chi connectivity index (χ1v) is 23.3. The van der Waals surface area contributed by atoms with Crippen LogP contribution in [0.2, 0.25) is 10.0 Å². The Hall–Kier alpha value is -3.73. The summed E-state index contributed by atoms with van der Waals surface area (Å²) in [5, 5.41) is 0.979. The number of unbranched alkanes of at least 4 members (excludes halogenated alkanes) is 1. The van der Waals surface area contributed by atoms with Gasteiger partial charge in [0.05, 0.1) is 54.8 Å². The first-order valence-electron chi connectivity index (χ1n) is 17.9. The SMILES string of the molecule is CC(OC(=O)CCCC[C@@H]1CC[S+]([O-])S1)OC(=O)[C@@H](Cc1cccc(S(C)(=O)=O)c1)C1c2cc(Cl)c(C(N)=O)c(Cl)c2CCN1C(=O)c1ccc2ccoc2c1. The van der Waals surface area contributed by atoms with Crippen molar-refractivity contribution < 1.29 is 46.0 Å². The van der Waals surface area contributed by atoms with Gasteiger partial charge < -0.3 is 29.1 Å². The Morgan fingerprint density at radius 3 is 2.59 bits per heavy atom. The Kier molecular flexibility index (Phi) is 13.3. The van der Waals surface area contributed by atoms with Gasteiger partial charge in [0, 0.05) is 53.7 Å². The molecule has 2 aliphatic heterocycles. The van der Waals surface area contributed by atoms with E-state index in [1.807, 2.05) is 0 Å². The summed E-state index contributed by atoms with van der Waals surface area (Å²) in [6.07, 6.45) is 4.36. The first kappa shape index (κ1) is 41.9. The van der Waals surface area contributed by atoms with Crippen molar-refractivity contribution in [2.24, 2.45) is 11.7 Å². The molecule has 2 aliphatic rings. The molecule has 2 N–H and O–H groups in total. The highest BCUT2D eigenvalue weighted by Crippen LogP contribution is 2.44. The van der Waals surface area contributed by atoms with Gasteiger partial charge in [-0.25, -0.2) is 8.42 Å². The summed E-state index contributed by atoms with van der Waals surface area (Å²) in [6.45, 7) is 1.45. The number of primary amides is 1. The van der Waals surface area contributed by atoms with E-state index in [0.29, 0.717) is 39.7 Å². The number of furan rings is 1. The summed E-state index contributed by atoms with van der Waals surface area (Å²) >= 11 is 13.4. The number of hydrogen-bond donors (Lipinski definition) is 1. The molecule has 1 aromatic heterocycles. The average molecular weight is 864 g/mol. The van der Waals surface area contributed by atoms with E-state index in [0.717, 1.165) is 30.9 Å². The number of benzene rings is 3. The van der Waals surface area contributed by atoms with E-state index in [4.69, 9.17) is 42.8 Å². The van der Waals surface area contributed by atoms with Gasteiger partial charge in [-0.3, -0.25) is 19.2 Å². The van der Waals surface area contributed by atoms with Crippen molar-refractivity contribution in [3.8, 4) is 0 Å². The number of amides is 2. The molecular weight excluding hydrogens is 824 g/mol. The van der Waals surface area contributed by atoms with Gasteiger partial charge in [0.15, 0.2) is 9.84 Å². The third-order valence-electron chi connectivity index (χ3n) is 9.87. The molecule has 6 rings (SSSR count). The molecule has 0 aliphatic carbocycles. The molecule has 56 heavy (non-hydrogen) atoms. The van der Waals surface area contributed by atoms with Crippen LogP contribution in [0.1, 0.15) is 82.5 Å². The number of nitrogens with two attached hydrogens (primary N) is 1. The van der Waals surface area contributed by atoms with E-state index in [1.54, 1.807) is 36.4 Å². The van der Waals surface area contributed by atoms with Crippen LogP contribution < -0.4 is 5.73 Å². The summed E-state index contributed by atoms with van der Waals surface area (Å²) in [5.74, 6) is -3.32. The van der Waals surface area contributed by atoms with Crippen molar-refractivity contribution in [1.29, 1.82) is 0 Å². The van der Waals surface area contributed by atoms with Gasteiger partial charge in [0.2, 0.25) is 6.29 Å². The molecule has 1 saturated heterocycles. The lowest BCUT2D eigenvalue weighted by atomic mass is 9.80. The van der Waals surface area contributed by atoms with Gasteiger partial charge in [0.25, 0.3) is 11.8 Å². The molecule has 3 unspecified atom stereocenters. The van der Waals surface area contributed by atoms with Crippen LogP contribution in [-0.4, -0.2) is 71.7 Å². The van der Waals surface area contributed by atoms with E-state index in [2.05, 4.69) is 0 Å². The number of hydrogen-bond acceptors (Lipinski definition) is 11. The molecule has 5 atom stereocenters. The van der Waals surface area contributed by atoms with Crippen LogP contribution >= 0.6 is 34.0 Å². The summed E-state index contributed by atoms with van der Waals surface area (Å²) in [4.78, 5) is 55.8. The predicted molar refractivity (Wildman–Crippen MR) is 215 cm³/mol. The fourth-order valence-corrected chi connectivity index (χ4v) is 12.2. The fraction of sp³-hybridized carbons (Fsp3) is 0.385. The predicted octanol–water partition coefficient (Wildman–Crippen LogP) is 7.00. The normalized spacial score (nSPS) is 19.3. The molecular formula is C39H40Cl2N2O10S3. The van der Waals surface area contributed by atoms with E-state index in [9.17, 15) is 32.1 Å². The van der Waals surface area contributed by atoms with Crippen molar-refractivity contribution in [2.45, 2.75) is 74.3 Å². The standard InChI is InChI=1S/C39H40Cl2N2O10S3/c1-22(52-33(44)9-4-3-7-26-14-17-55(48)54-26)53-39(47)30(19-23-6-5-8-27(18-23)56(2,49)50)36-29-21-31(40)34(37(42)45)35(41)28(29)12-15-43(36)38(46)25-11-10-24-13-16-51-32(24)20-25/h5-6,8,10-11,13,16,18,20-22,26,30,36H,3-4,7,9,12,14-15,17,19H2,1-2H3,(H2,42,45)/t22?,26-,30+,36?,55?/m1/s1. The van der Waals surface area contributed by atoms with Crippen molar-refractivity contribution in [1.82, 2.24) is 4.90 Å². The maximum absolute atomic E-state index is 14.5. The van der Waals surface area contributed by atoms with Crippen molar-refractivity contribution in [3.05, 3.63) is 98.7 Å². The second kappa shape index (κ2) is 17.8. The Balaban J connectivity index is 1.34. The van der Waals surface area contributed by atoms with Gasteiger partial charge in [-0.05, 0) is 78.8 Å². The number of esters is 2. The third-order valence-corrected chi connectivity index (χ3v) is 15.2. The third kappa shape index (κ3) is 9.68. The quantitative estimate of drug-likeness (QED) is 0.0452. The topological polar surface area (TPSA) is 186 Å². The molecule has 0 bridgehead atoms. The molecule has 3 aromatic carbocycles. The zero-order valence-electron chi connectivity index (χ0n) is 30.5. The summed E-state index contributed by atoms with van der Waals surface area (Å²) in [7, 11) is -3.03. The molecule has 0 saturated carbocycles. The molecule has 4 aromatic rings. The molecule has 17 heteroatoms. The Morgan fingerprint density at radius 2 is 1.88 bits per heavy atom. The Bertz CT molecular complexity index is 2270. The number of sulfone groups is 1. The van der Waals surface area contributed by atoms with E-state index in [-0.39, 0.29) is 51.9 Å². The molecule has 1 fully saturated rings. The highest BCUT2D eigenvalue weighted by atomic mass is 35.5. The zero-order valence-corrected chi connectivity index (χ0v) is 34.5. The minimum Gasteiger partial charge on any atom is -0.605 e. The number of fused-ring (bicyclic) bond motifs is 2. The average Bonchev–Trinajstić information content (AvgIpc) is 3.79. The number of halogens is 2. The molecule has 0 spiro atoms. The van der Waals surface area contributed by atoms with E-state index >= 15 is 0 Å². The number of carbonyl (C=O) groups excluding carboxylic acids is 4. The molecule has 3 heterocycles. The zero-order chi connectivity index (χ0) is 40.3. The van der Waals surface area contributed by atoms with Crippen molar-refractivity contribution in [3.63, 3.8) is 0 Å². The second-order valence-electron chi connectivity index (χ2n) is 13.8. The van der Waals surface area contributed by atoms with E-state index in [1.165, 1.54) is 47.1 Å². The largest absolute Gasteiger partial charge is 0.605 e. The van der Waals surface area contributed by atoms with Crippen LogP contribution in [0.4, 0.5) is 0 Å². The van der Waals surface area contributed by atoms with Crippen LogP contribution in [0.3, 0.4) is 0 Å². The molecule has 2 amide bonds. The van der Waals surface area contributed by atoms with Crippen LogP contribution in [0, 0.1) is 5.92 Å². The monoisotopic (exact) mass is 862 g/mol. The lowest BCUT2D eigenvalue weighted by Crippen LogP contribution is -2.46. The summed E-state index contributed by atoms with van der Waals surface area (Å²) < 4.78 is 53.6. The highest BCUT2D eigenvalue weighted by molar-refractivity contribution is 8.72. The first-order chi connectivity index (χ1) is 26.6. The lowest BCUT2D eigenvalue weighted by molar-refractivity contribution is -0.189. The minimum absolute atomic E-state index is 0.0117. The molecule has 298 valence electrons. The number of carbonyl (C=O) groups is 4. The maximum atomic E-state index is 14.5. The van der Waals surface area contributed by atoms with Crippen LogP contribution in [0.25, 0.3) is 11.0 Å².